The molecule has 1 aromatic carbocycles. The molecule has 0 aliphatic carbocycles. The molecule has 0 aromatic heterocycles. The first-order valence-corrected chi connectivity index (χ1v) is 7.36. The molecule has 0 radical (unpaired) electrons. The van der Waals surface area contributed by atoms with Gasteiger partial charge in [0.2, 0.25) is 0 Å². The lowest BCUT2D eigenvalue weighted by Crippen LogP contribution is -2.35. The molecular formula is C17H23NO3. The molecule has 21 heavy (non-hydrogen) atoms. The lowest BCUT2D eigenvalue weighted by Gasteiger charge is -2.30. The number of aliphatic carboxylic acids is 1. The second-order valence-corrected chi connectivity index (χ2v) is 5.78. The molecule has 4 nitrogen and oxygen atoms in total. The maximum Gasteiger partial charge on any atom is 0.306 e. The lowest BCUT2D eigenvalue weighted by molar-refractivity contribution is -0.143. The van der Waals surface area contributed by atoms with Gasteiger partial charge in [-0.2, -0.15) is 0 Å². The van der Waals surface area contributed by atoms with E-state index in [1.807, 2.05) is 19.1 Å². The number of piperidine rings is 1. The molecule has 4 heteroatoms. The van der Waals surface area contributed by atoms with Crippen LogP contribution in [0, 0.1) is 5.92 Å². The lowest BCUT2D eigenvalue weighted by atomic mass is 9.97. The van der Waals surface area contributed by atoms with Gasteiger partial charge in [0.1, 0.15) is 12.4 Å². The van der Waals surface area contributed by atoms with Crippen LogP contribution in [0.4, 0.5) is 0 Å². The summed E-state index contributed by atoms with van der Waals surface area (Å²) in [5, 5.41) is 9.00. The summed E-state index contributed by atoms with van der Waals surface area (Å²) in [4.78, 5) is 13.2. The summed E-state index contributed by atoms with van der Waals surface area (Å²) in [7, 11) is 0. The summed E-state index contributed by atoms with van der Waals surface area (Å²) in [6.07, 6.45) is 1.49. The third-order valence-corrected chi connectivity index (χ3v) is 3.75. The third kappa shape index (κ3) is 4.90. The van der Waals surface area contributed by atoms with Gasteiger partial charge in [0.05, 0.1) is 5.92 Å². The molecule has 1 aliphatic rings. The number of hydrogen-bond donors (Lipinski definition) is 1. The summed E-state index contributed by atoms with van der Waals surface area (Å²) in [6.45, 7) is 8.87. The van der Waals surface area contributed by atoms with Gasteiger partial charge in [0.15, 0.2) is 0 Å². The van der Waals surface area contributed by atoms with Crippen molar-refractivity contribution in [2.75, 3.05) is 19.7 Å². The van der Waals surface area contributed by atoms with Gasteiger partial charge < -0.3 is 9.84 Å². The van der Waals surface area contributed by atoms with E-state index in [2.05, 4.69) is 23.6 Å². The molecule has 0 amide bonds. The third-order valence-electron chi connectivity index (χ3n) is 3.75. The van der Waals surface area contributed by atoms with Crippen molar-refractivity contribution in [3.63, 3.8) is 0 Å². The Balaban J connectivity index is 1.81. The van der Waals surface area contributed by atoms with Crippen molar-refractivity contribution < 1.29 is 14.6 Å². The summed E-state index contributed by atoms with van der Waals surface area (Å²) < 4.78 is 5.57. The Hall–Kier alpha value is -1.81. The smallest absolute Gasteiger partial charge is 0.306 e. The highest BCUT2D eigenvalue weighted by atomic mass is 16.5. The van der Waals surface area contributed by atoms with Crippen molar-refractivity contribution in [2.45, 2.75) is 26.3 Å². The second kappa shape index (κ2) is 7.27. The van der Waals surface area contributed by atoms with Crippen LogP contribution in [-0.4, -0.2) is 35.7 Å². The van der Waals surface area contributed by atoms with E-state index in [0.29, 0.717) is 6.61 Å². The zero-order chi connectivity index (χ0) is 15.2. The van der Waals surface area contributed by atoms with Gasteiger partial charge in [-0.3, -0.25) is 9.69 Å². The molecule has 1 fully saturated rings. The van der Waals surface area contributed by atoms with Crippen LogP contribution in [0.2, 0.25) is 0 Å². The number of likely N-dealkylation sites (tertiary alicyclic amines) is 1. The van der Waals surface area contributed by atoms with E-state index in [0.717, 1.165) is 43.8 Å². The number of rotatable bonds is 6. The Labute approximate surface area is 126 Å². The van der Waals surface area contributed by atoms with Crippen molar-refractivity contribution in [2.24, 2.45) is 5.92 Å². The number of carboxylic acid groups (broad SMARTS) is 1. The average Bonchev–Trinajstić information content (AvgIpc) is 2.47. The zero-order valence-corrected chi connectivity index (χ0v) is 12.5. The summed E-state index contributed by atoms with van der Waals surface area (Å²) in [5.74, 6) is 0.0270. The van der Waals surface area contributed by atoms with Crippen molar-refractivity contribution >= 4 is 5.97 Å². The molecule has 0 atom stereocenters. The molecule has 0 saturated carbocycles. The summed E-state index contributed by atoms with van der Waals surface area (Å²) in [6, 6.07) is 8.08. The van der Waals surface area contributed by atoms with Gasteiger partial charge in [-0.25, -0.2) is 0 Å². The molecule has 1 aliphatic heterocycles. The molecule has 1 aromatic rings. The molecule has 0 bridgehead atoms. The highest BCUT2D eigenvalue weighted by Gasteiger charge is 2.24. The second-order valence-electron chi connectivity index (χ2n) is 5.78. The summed E-state index contributed by atoms with van der Waals surface area (Å²) >= 11 is 0. The number of nitrogens with zero attached hydrogens (tertiary/aromatic N) is 1. The Morgan fingerprint density at radius 3 is 2.48 bits per heavy atom. The zero-order valence-electron chi connectivity index (χ0n) is 12.5. The largest absolute Gasteiger partial charge is 0.489 e. The van der Waals surface area contributed by atoms with Crippen molar-refractivity contribution in [1.82, 2.24) is 4.90 Å². The van der Waals surface area contributed by atoms with E-state index in [1.165, 1.54) is 5.56 Å². The maximum atomic E-state index is 10.9. The van der Waals surface area contributed by atoms with Crippen molar-refractivity contribution in [1.29, 1.82) is 0 Å². The molecule has 114 valence electrons. The molecule has 2 rings (SSSR count). The van der Waals surface area contributed by atoms with E-state index in [-0.39, 0.29) is 5.92 Å². The molecule has 1 heterocycles. The minimum atomic E-state index is -0.659. The number of carbonyl (C=O) groups is 1. The number of carboxylic acids is 1. The van der Waals surface area contributed by atoms with Crippen LogP contribution >= 0.6 is 0 Å². The fourth-order valence-corrected chi connectivity index (χ4v) is 2.49. The summed E-state index contributed by atoms with van der Waals surface area (Å²) in [5.41, 5.74) is 2.23. The van der Waals surface area contributed by atoms with Crippen molar-refractivity contribution in [3.8, 4) is 5.75 Å². The Kier molecular flexibility index (Phi) is 5.39. The number of ether oxygens (including phenoxy) is 1. The van der Waals surface area contributed by atoms with E-state index in [1.54, 1.807) is 0 Å². The van der Waals surface area contributed by atoms with Crippen LogP contribution in [-0.2, 0) is 11.3 Å². The SMILES string of the molecule is C=C(C)COc1ccc(CN2CCC(C(=O)O)CC2)cc1. The molecule has 0 spiro atoms. The van der Waals surface area contributed by atoms with E-state index in [9.17, 15) is 4.79 Å². The van der Waals surface area contributed by atoms with Crippen LogP contribution in [0.1, 0.15) is 25.3 Å². The first-order valence-electron chi connectivity index (χ1n) is 7.36. The van der Waals surface area contributed by atoms with Crippen molar-refractivity contribution in [3.05, 3.63) is 42.0 Å². The first kappa shape index (κ1) is 15.6. The van der Waals surface area contributed by atoms with E-state index in [4.69, 9.17) is 9.84 Å². The Bertz CT molecular complexity index is 487. The van der Waals surface area contributed by atoms with Crippen LogP contribution < -0.4 is 4.74 Å². The van der Waals surface area contributed by atoms with Crippen LogP contribution in [0.25, 0.3) is 0 Å². The Morgan fingerprint density at radius 1 is 1.33 bits per heavy atom. The fraction of sp³-hybridized carbons (Fsp3) is 0.471. The normalized spacial score (nSPS) is 16.6. The van der Waals surface area contributed by atoms with Gasteiger partial charge in [0.25, 0.3) is 0 Å². The van der Waals surface area contributed by atoms with Gasteiger partial charge in [-0.1, -0.05) is 18.7 Å². The fourth-order valence-electron chi connectivity index (χ4n) is 2.49. The van der Waals surface area contributed by atoms with Gasteiger partial charge in [-0.05, 0) is 56.1 Å². The minimum absolute atomic E-state index is 0.167. The predicted molar refractivity (Wildman–Crippen MR) is 82.4 cm³/mol. The van der Waals surface area contributed by atoms with Crippen LogP contribution in [0.15, 0.2) is 36.4 Å². The van der Waals surface area contributed by atoms with Crippen LogP contribution in [0.5, 0.6) is 5.75 Å². The predicted octanol–water partition coefficient (Wildman–Crippen LogP) is 2.94. The van der Waals surface area contributed by atoms with Crippen LogP contribution in [0.3, 0.4) is 0 Å². The number of benzene rings is 1. The average molecular weight is 289 g/mol. The van der Waals surface area contributed by atoms with E-state index < -0.39 is 5.97 Å². The standard InChI is InChI=1S/C17H23NO3/c1-13(2)12-21-16-5-3-14(4-6-16)11-18-9-7-15(8-10-18)17(19)20/h3-6,15H,1,7-12H2,2H3,(H,19,20). The maximum absolute atomic E-state index is 10.9. The molecule has 0 unspecified atom stereocenters. The van der Waals surface area contributed by atoms with Gasteiger partial charge in [0, 0.05) is 6.54 Å². The number of hydrogen-bond acceptors (Lipinski definition) is 3. The van der Waals surface area contributed by atoms with Gasteiger partial charge in [-0.15, -0.1) is 0 Å². The van der Waals surface area contributed by atoms with E-state index >= 15 is 0 Å². The van der Waals surface area contributed by atoms with Gasteiger partial charge >= 0.3 is 5.97 Å². The molecule has 1 N–H and O–H groups in total. The highest BCUT2D eigenvalue weighted by molar-refractivity contribution is 5.70. The highest BCUT2D eigenvalue weighted by Crippen LogP contribution is 2.20. The molecular weight excluding hydrogens is 266 g/mol. The Morgan fingerprint density at radius 2 is 1.95 bits per heavy atom. The topological polar surface area (TPSA) is 49.8 Å². The monoisotopic (exact) mass is 289 g/mol. The first-order chi connectivity index (χ1) is 10.0. The quantitative estimate of drug-likeness (QED) is 0.818. The minimum Gasteiger partial charge on any atom is -0.489 e. The molecule has 1 saturated heterocycles.